The molecule has 0 saturated heterocycles. The minimum absolute atomic E-state index is 0.0115. The Kier molecular flexibility index (Phi) is 6.42. The van der Waals surface area contributed by atoms with Crippen LogP contribution in [0.1, 0.15) is 50.0 Å². The van der Waals surface area contributed by atoms with Crippen molar-refractivity contribution in [2.45, 2.75) is 53.1 Å². The minimum atomic E-state index is -0.844. The zero-order valence-electron chi connectivity index (χ0n) is 11.9. The summed E-state index contributed by atoms with van der Waals surface area (Å²) in [6.45, 7) is 7.07. The molecule has 0 bridgehead atoms. The monoisotopic (exact) mass is 266 g/mol. The SMILES string of the molecule is CCCOCc1nc(CC)c(CC(=O)O)c(CC)n1. The van der Waals surface area contributed by atoms with Gasteiger partial charge in [0.15, 0.2) is 5.82 Å². The second kappa shape index (κ2) is 7.84. The number of carbonyl (C=O) groups is 1. The van der Waals surface area contributed by atoms with Crippen LogP contribution in [0.2, 0.25) is 0 Å². The van der Waals surface area contributed by atoms with E-state index in [0.717, 1.165) is 23.4 Å². The molecule has 0 unspecified atom stereocenters. The normalized spacial score (nSPS) is 10.7. The van der Waals surface area contributed by atoms with E-state index in [1.165, 1.54) is 0 Å². The summed E-state index contributed by atoms with van der Waals surface area (Å²) < 4.78 is 5.45. The lowest BCUT2D eigenvalue weighted by Gasteiger charge is -2.12. The van der Waals surface area contributed by atoms with Gasteiger partial charge in [0, 0.05) is 23.6 Å². The summed E-state index contributed by atoms with van der Waals surface area (Å²) in [5.74, 6) is -0.195. The van der Waals surface area contributed by atoms with E-state index in [9.17, 15) is 4.79 Å². The van der Waals surface area contributed by atoms with E-state index in [1.807, 2.05) is 20.8 Å². The molecule has 5 nitrogen and oxygen atoms in total. The molecule has 0 radical (unpaired) electrons. The highest BCUT2D eigenvalue weighted by Crippen LogP contribution is 2.15. The Labute approximate surface area is 114 Å². The summed E-state index contributed by atoms with van der Waals surface area (Å²) in [5.41, 5.74) is 2.41. The first-order valence-corrected chi connectivity index (χ1v) is 6.79. The maximum Gasteiger partial charge on any atom is 0.307 e. The Balaban J connectivity index is 3.01. The number of carboxylic acid groups (broad SMARTS) is 1. The van der Waals surface area contributed by atoms with Gasteiger partial charge in [0.1, 0.15) is 6.61 Å². The number of carboxylic acids is 1. The Morgan fingerprint density at radius 1 is 1.16 bits per heavy atom. The molecule has 0 aliphatic rings. The molecule has 1 heterocycles. The van der Waals surface area contributed by atoms with Crippen molar-refractivity contribution in [2.75, 3.05) is 6.61 Å². The lowest BCUT2D eigenvalue weighted by Crippen LogP contribution is -2.13. The molecule has 0 spiro atoms. The van der Waals surface area contributed by atoms with Crippen molar-refractivity contribution in [3.63, 3.8) is 0 Å². The molecule has 0 aromatic carbocycles. The zero-order chi connectivity index (χ0) is 14.3. The highest BCUT2D eigenvalue weighted by Gasteiger charge is 2.15. The molecule has 19 heavy (non-hydrogen) atoms. The summed E-state index contributed by atoms with van der Waals surface area (Å²) in [5, 5.41) is 8.97. The summed E-state index contributed by atoms with van der Waals surface area (Å²) in [6, 6.07) is 0. The summed E-state index contributed by atoms with van der Waals surface area (Å²) in [4.78, 5) is 19.8. The predicted octanol–water partition coefficient (Wildman–Crippen LogP) is 2.16. The van der Waals surface area contributed by atoms with Crippen LogP contribution >= 0.6 is 0 Å². The standard InChI is InChI=1S/C14H22N2O3/c1-4-7-19-9-13-15-11(5-2)10(8-14(17)18)12(6-3)16-13/h4-9H2,1-3H3,(H,17,18). The number of aryl methyl sites for hydroxylation is 2. The predicted molar refractivity (Wildman–Crippen MR) is 72.1 cm³/mol. The molecule has 1 rings (SSSR count). The van der Waals surface area contributed by atoms with Crippen LogP contribution < -0.4 is 0 Å². The smallest absolute Gasteiger partial charge is 0.307 e. The van der Waals surface area contributed by atoms with E-state index in [-0.39, 0.29) is 6.42 Å². The Bertz CT molecular complexity index is 408. The first kappa shape index (κ1) is 15.6. The average Bonchev–Trinajstić information content (AvgIpc) is 2.39. The fourth-order valence-corrected chi connectivity index (χ4v) is 1.95. The number of aliphatic carboxylic acids is 1. The Hall–Kier alpha value is -1.49. The summed E-state index contributed by atoms with van der Waals surface area (Å²) in [6.07, 6.45) is 2.36. The third kappa shape index (κ3) is 4.59. The van der Waals surface area contributed by atoms with E-state index in [2.05, 4.69) is 9.97 Å². The van der Waals surface area contributed by atoms with Crippen molar-refractivity contribution in [3.8, 4) is 0 Å². The van der Waals surface area contributed by atoms with E-state index in [1.54, 1.807) is 0 Å². The third-order valence-electron chi connectivity index (χ3n) is 2.80. The summed E-state index contributed by atoms with van der Waals surface area (Å²) >= 11 is 0. The van der Waals surface area contributed by atoms with Gasteiger partial charge in [-0.25, -0.2) is 9.97 Å². The van der Waals surface area contributed by atoms with Crippen molar-refractivity contribution < 1.29 is 14.6 Å². The number of hydrogen-bond donors (Lipinski definition) is 1. The van der Waals surface area contributed by atoms with Gasteiger partial charge in [-0.05, 0) is 19.3 Å². The molecule has 0 atom stereocenters. The van der Waals surface area contributed by atoms with Crippen molar-refractivity contribution in [1.29, 1.82) is 0 Å². The van der Waals surface area contributed by atoms with Gasteiger partial charge >= 0.3 is 5.97 Å². The number of ether oxygens (including phenoxy) is 1. The van der Waals surface area contributed by atoms with Crippen LogP contribution in [0.25, 0.3) is 0 Å². The van der Waals surface area contributed by atoms with E-state index in [4.69, 9.17) is 9.84 Å². The van der Waals surface area contributed by atoms with Crippen molar-refractivity contribution in [1.82, 2.24) is 9.97 Å². The fraction of sp³-hybridized carbons (Fsp3) is 0.643. The number of hydrogen-bond acceptors (Lipinski definition) is 4. The summed E-state index contributed by atoms with van der Waals surface area (Å²) in [7, 11) is 0. The molecule has 1 aromatic rings. The largest absolute Gasteiger partial charge is 0.481 e. The molecule has 0 fully saturated rings. The van der Waals surface area contributed by atoms with Crippen molar-refractivity contribution >= 4 is 5.97 Å². The second-order valence-corrected chi connectivity index (χ2v) is 4.34. The molecule has 5 heteroatoms. The van der Waals surface area contributed by atoms with Crippen LogP contribution in [0.15, 0.2) is 0 Å². The highest BCUT2D eigenvalue weighted by atomic mass is 16.5. The Morgan fingerprint density at radius 3 is 2.16 bits per heavy atom. The highest BCUT2D eigenvalue weighted by molar-refractivity contribution is 5.71. The fourth-order valence-electron chi connectivity index (χ4n) is 1.95. The van der Waals surface area contributed by atoms with Crippen molar-refractivity contribution in [3.05, 3.63) is 22.8 Å². The maximum absolute atomic E-state index is 10.9. The third-order valence-corrected chi connectivity index (χ3v) is 2.80. The van der Waals surface area contributed by atoms with Crippen LogP contribution in [-0.4, -0.2) is 27.7 Å². The number of rotatable bonds is 8. The van der Waals surface area contributed by atoms with Crippen LogP contribution in [0.4, 0.5) is 0 Å². The van der Waals surface area contributed by atoms with Crippen LogP contribution in [0.3, 0.4) is 0 Å². The van der Waals surface area contributed by atoms with Gasteiger partial charge in [-0.15, -0.1) is 0 Å². The first-order valence-electron chi connectivity index (χ1n) is 6.79. The zero-order valence-corrected chi connectivity index (χ0v) is 11.9. The minimum Gasteiger partial charge on any atom is -0.481 e. The van der Waals surface area contributed by atoms with Gasteiger partial charge < -0.3 is 9.84 Å². The number of nitrogens with zero attached hydrogens (tertiary/aromatic N) is 2. The molecule has 0 saturated carbocycles. The first-order chi connectivity index (χ1) is 9.12. The molecular formula is C14H22N2O3. The van der Waals surface area contributed by atoms with Crippen LogP contribution in [0, 0.1) is 0 Å². The van der Waals surface area contributed by atoms with Gasteiger partial charge in [-0.2, -0.15) is 0 Å². The van der Waals surface area contributed by atoms with Gasteiger partial charge in [0.05, 0.1) is 6.42 Å². The Morgan fingerprint density at radius 2 is 1.74 bits per heavy atom. The molecule has 0 amide bonds. The molecular weight excluding hydrogens is 244 g/mol. The van der Waals surface area contributed by atoms with Crippen LogP contribution in [0.5, 0.6) is 0 Å². The lowest BCUT2D eigenvalue weighted by atomic mass is 10.0. The number of aromatic nitrogens is 2. The molecule has 0 aliphatic carbocycles. The maximum atomic E-state index is 10.9. The average molecular weight is 266 g/mol. The van der Waals surface area contributed by atoms with Gasteiger partial charge in [-0.1, -0.05) is 20.8 Å². The second-order valence-electron chi connectivity index (χ2n) is 4.34. The van der Waals surface area contributed by atoms with Gasteiger partial charge in [0.25, 0.3) is 0 Å². The van der Waals surface area contributed by atoms with E-state index in [0.29, 0.717) is 31.9 Å². The molecule has 1 N–H and O–H groups in total. The molecule has 106 valence electrons. The van der Waals surface area contributed by atoms with Crippen LogP contribution in [-0.2, 0) is 35.4 Å². The molecule has 1 aromatic heterocycles. The van der Waals surface area contributed by atoms with Gasteiger partial charge in [-0.3, -0.25) is 4.79 Å². The van der Waals surface area contributed by atoms with Gasteiger partial charge in [0.2, 0.25) is 0 Å². The lowest BCUT2D eigenvalue weighted by molar-refractivity contribution is -0.136. The van der Waals surface area contributed by atoms with Crippen molar-refractivity contribution in [2.24, 2.45) is 0 Å². The quantitative estimate of drug-likeness (QED) is 0.730. The topological polar surface area (TPSA) is 72.3 Å². The van der Waals surface area contributed by atoms with E-state index >= 15 is 0 Å². The van der Waals surface area contributed by atoms with E-state index < -0.39 is 5.97 Å². The molecule has 0 aliphatic heterocycles.